The van der Waals surface area contributed by atoms with Gasteiger partial charge in [0.1, 0.15) is 17.6 Å². The first-order valence-electron chi connectivity index (χ1n) is 10.4. The molecule has 0 aliphatic rings. The van der Waals surface area contributed by atoms with Gasteiger partial charge in [0.15, 0.2) is 0 Å². The monoisotopic (exact) mass is 420 g/mol. The van der Waals surface area contributed by atoms with Crippen molar-refractivity contribution >= 4 is 11.8 Å². The van der Waals surface area contributed by atoms with Crippen LogP contribution in [0.5, 0.6) is 5.75 Å². The van der Waals surface area contributed by atoms with E-state index in [-0.39, 0.29) is 18.4 Å². The molecule has 1 heterocycles. The van der Waals surface area contributed by atoms with Crippen molar-refractivity contribution in [2.24, 2.45) is 0 Å². The number of carbonyl (C=O) groups is 2. The van der Waals surface area contributed by atoms with Gasteiger partial charge in [-0.15, -0.1) is 0 Å². The van der Waals surface area contributed by atoms with Crippen molar-refractivity contribution in [3.05, 3.63) is 89.9 Å². The van der Waals surface area contributed by atoms with Crippen molar-refractivity contribution < 1.29 is 18.7 Å². The first-order chi connectivity index (χ1) is 15.1. The van der Waals surface area contributed by atoms with Crippen molar-refractivity contribution in [1.29, 1.82) is 0 Å². The lowest BCUT2D eigenvalue weighted by molar-refractivity contribution is -0.141. The SMILES string of the molecule is CCCC(=O)N(Cc1ccc(OC)cc1)[C@@H](C(=O)NCc1ccco1)c1ccccc1. The molecule has 1 N–H and O–H groups in total. The molecule has 0 spiro atoms. The Morgan fingerprint density at radius 2 is 1.77 bits per heavy atom. The molecule has 1 atom stereocenters. The number of furan rings is 1. The Hall–Kier alpha value is -3.54. The van der Waals surface area contributed by atoms with Crippen LogP contribution in [0.4, 0.5) is 0 Å². The summed E-state index contributed by atoms with van der Waals surface area (Å²) in [7, 11) is 1.61. The van der Waals surface area contributed by atoms with Crippen LogP contribution < -0.4 is 10.1 Å². The van der Waals surface area contributed by atoms with Gasteiger partial charge in [-0.1, -0.05) is 49.4 Å². The van der Waals surface area contributed by atoms with Gasteiger partial charge in [-0.3, -0.25) is 9.59 Å². The highest BCUT2D eigenvalue weighted by molar-refractivity contribution is 5.88. The molecule has 1 aromatic heterocycles. The Kier molecular flexibility index (Phi) is 7.87. The molecule has 162 valence electrons. The topological polar surface area (TPSA) is 71.8 Å². The van der Waals surface area contributed by atoms with Crippen LogP contribution in [0.2, 0.25) is 0 Å². The third kappa shape index (κ3) is 5.98. The number of nitrogens with one attached hydrogen (secondary N) is 1. The summed E-state index contributed by atoms with van der Waals surface area (Å²) in [5.41, 5.74) is 1.68. The van der Waals surface area contributed by atoms with Gasteiger partial charge >= 0.3 is 0 Å². The maximum Gasteiger partial charge on any atom is 0.247 e. The lowest BCUT2D eigenvalue weighted by Gasteiger charge is -2.31. The van der Waals surface area contributed by atoms with E-state index >= 15 is 0 Å². The zero-order valence-electron chi connectivity index (χ0n) is 17.9. The molecule has 0 aliphatic heterocycles. The number of ether oxygens (including phenoxy) is 1. The van der Waals surface area contributed by atoms with E-state index in [1.807, 2.05) is 61.5 Å². The third-order valence-electron chi connectivity index (χ3n) is 4.99. The van der Waals surface area contributed by atoms with Crippen LogP contribution in [0, 0.1) is 0 Å². The Balaban J connectivity index is 1.90. The lowest BCUT2D eigenvalue weighted by atomic mass is 10.0. The van der Waals surface area contributed by atoms with Crippen LogP contribution >= 0.6 is 0 Å². The van der Waals surface area contributed by atoms with E-state index in [2.05, 4.69) is 5.32 Å². The van der Waals surface area contributed by atoms with Gasteiger partial charge in [0.2, 0.25) is 11.8 Å². The van der Waals surface area contributed by atoms with Gasteiger partial charge in [0.25, 0.3) is 0 Å². The van der Waals surface area contributed by atoms with E-state index in [9.17, 15) is 9.59 Å². The molecule has 2 amide bonds. The fourth-order valence-electron chi connectivity index (χ4n) is 3.40. The van der Waals surface area contributed by atoms with Gasteiger partial charge in [-0.05, 0) is 41.8 Å². The van der Waals surface area contributed by atoms with Crippen molar-refractivity contribution in [1.82, 2.24) is 10.2 Å². The zero-order valence-corrected chi connectivity index (χ0v) is 17.9. The number of benzene rings is 2. The number of rotatable bonds is 10. The van der Waals surface area contributed by atoms with Crippen LogP contribution in [0.1, 0.15) is 42.7 Å². The normalized spacial score (nSPS) is 11.5. The summed E-state index contributed by atoms with van der Waals surface area (Å²) in [6, 6.07) is 19.7. The number of methoxy groups -OCH3 is 1. The molecule has 0 aliphatic carbocycles. The zero-order chi connectivity index (χ0) is 22.1. The minimum absolute atomic E-state index is 0.0691. The molecule has 3 aromatic rings. The quantitative estimate of drug-likeness (QED) is 0.525. The van der Waals surface area contributed by atoms with Crippen LogP contribution in [0.15, 0.2) is 77.4 Å². The standard InChI is InChI=1S/C25H28N2O4/c1-3-8-23(28)27(18-19-12-14-21(30-2)15-13-19)24(20-9-5-4-6-10-20)25(29)26-17-22-11-7-16-31-22/h4-7,9-16,24H,3,8,17-18H2,1-2H3,(H,26,29)/t24-/m1/s1. The van der Waals surface area contributed by atoms with Gasteiger partial charge in [-0.25, -0.2) is 0 Å². The van der Waals surface area contributed by atoms with E-state index in [1.54, 1.807) is 30.4 Å². The number of carbonyl (C=O) groups excluding carboxylic acids is 2. The molecular weight excluding hydrogens is 392 g/mol. The third-order valence-corrected chi connectivity index (χ3v) is 4.99. The van der Waals surface area contributed by atoms with E-state index in [1.165, 1.54) is 0 Å². The van der Waals surface area contributed by atoms with Crippen molar-refractivity contribution in [2.75, 3.05) is 7.11 Å². The van der Waals surface area contributed by atoms with E-state index in [0.29, 0.717) is 25.1 Å². The maximum absolute atomic E-state index is 13.3. The molecule has 0 saturated heterocycles. The van der Waals surface area contributed by atoms with Gasteiger partial charge in [0.05, 0.1) is 19.9 Å². The number of amides is 2. The highest BCUT2D eigenvalue weighted by atomic mass is 16.5. The molecule has 31 heavy (non-hydrogen) atoms. The average Bonchev–Trinajstić information content (AvgIpc) is 3.32. The first kappa shape index (κ1) is 22.2. The summed E-state index contributed by atoms with van der Waals surface area (Å²) in [6.07, 6.45) is 2.63. The Morgan fingerprint density at radius 3 is 2.39 bits per heavy atom. The van der Waals surface area contributed by atoms with E-state index in [4.69, 9.17) is 9.15 Å². The van der Waals surface area contributed by atoms with Crippen LogP contribution in [-0.4, -0.2) is 23.8 Å². The smallest absolute Gasteiger partial charge is 0.247 e. The van der Waals surface area contributed by atoms with Gasteiger partial charge in [-0.2, -0.15) is 0 Å². The predicted molar refractivity (Wildman–Crippen MR) is 118 cm³/mol. The number of nitrogens with zero attached hydrogens (tertiary/aromatic N) is 1. The molecule has 3 rings (SSSR count). The molecule has 6 heteroatoms. The van der Waals surface area contributed by atoms with E-state index in [0.717, 1.165) is 16.9 Å². The summed E-state index contributed by atoms with van der Waals surface area (Å²) < 4.78 is 10.6. The predicted octanol–water partition coefficient (Wildman–Crippen LogP) is 4.47. The summed E-state index contributed by atoms with van der Waals surface area (Å²) in [4.78, 5) is 28.1. The van der Waals surface area contributed by atoms with Crippen LogP contribution in [-0.2, 0) is 22.7 Å². The fraction of sp³-hybridized carbons (Fsp3) is 0.280. The highest BCUT2D eigenvalue weighted by Crippen LogP contribution is 2.26. The Bertz CT molecular complexity index is 953. The molecular formula is C25H28N2O4. The Morgan fingerprint density at radius 1 is 1.03 bits per heavy atom. The minimum atomic E-state index is -0.752. The Labute approximate surface area is 182 Å². The fourth-order valence-corrected chi connectivity index (χ4v) is 3.40. The number of hydrogen-bond acceptors (Lipinski definition) is 4. The second-order valence-corrected chi connectivity index (χ2v) is 7.23. The van der Waals surface area contributed by atoms with Crippen LogP contribution in [0.25, 0.3) is 0 Å². The van der Waals surface area contributed by atoms with E-state index < -0.39 is 6.04 Å². The summed E-state index contributed by atoms with van der Waals surface area (Å²) in [6.45, 7) is 2.53. The van der Waals surface area contributed by atoms with Crippen molar-refractivity contribution in [2.45, 2.75) is 38.9 Å². The molecule has 0 bridgehead atoms. The first-order valence-corrected chi connectivity index (χ1v) is 10.4. The molecule has 2 aromatic carbocycles. The number of hydrogen-bond donors (Lipinski definition) is 1. The average molecular weight is 421 g/mol. The highest BCUT2D eigenvalue weighted by Gasteiger charge is 2.31. The summed E-state index contributed by atoms with van der Waals surface area (Å²) >= 11 is 0. The minimum Gasteiger partial charge on any atom is -0.497 e. The molecule has 0 radical (unpaired) electrons. The second kappa shape index (κ2) is 11.0. The molecule has 6 nitrogen and oxygen atoms in total. The molecule has 0 saturated carbocycles. The van der Waals surface area contributed by atoms with Crippen molar-refractivity contribution in [3.8, 4) is 5.75 Å². The lowest BCUT2D eigenvalue weighted by Crippen LogP contribution is -2.43. The molecule has 0 unspecified atom stereocenters. The summed E-state index contributed by atoms with van der Waals surface area (Å²) in [5, 5.41) is 2.92. The summed E-state index contributed by atoms with van der Waals surface area (Å²) in [5.74, 6) is 1.08. The van der Waals surface area contributed by atoms with Crippen molar-refractivity contribution in [3.63, 3.8) is 0 Å². The maximum atomic E-state index is 13.3. The van der Waals surface area contributed by atoms with Crippen LogP contribution in [0.3, 0.4) is 0 Å². The van der Waals surface area contributed by atoms with Gasteiger partial charge in [0, 0.05) is 13.0 Å². The largest absolute Gasteiger partial charge is 0.497 e. The second-order valence-electron chi connectivity index (χ2n) is 7.23. The molecule has 0 fully saturated rings. The van der Waals surface area contributed by atoms with Gasteiger partial charge < -0.3 is 19.4 Å².